The van der Waals surface area contributed by atoms with Crippen LogP contribution in [0.4, 0.5) is 5.69 Å². The fourth-order valence-corrected chi connectivity index (χ4v) is 4.34. The van der Waals surface area contributed by atoms with Crippen molar-refractivity contribution in [3.05, 3.63) is 89.9 Å². The Kier molecular flexibility index (Phi) is 5.40. The number of aromatic nitrogens is 2. The number of amides is 1. The lowest BCUT2D eigenvalue weighted by Gasteiger charge is -2.12. The summed E-state index contributed by atoms with van der Waals surface area (Å²) < 4.78 is 7.55. The Bertz CT molecular complexity index is 1300. The topological polar surface area (TPSA) is 79.9 Å². The fourth-order valence-electron chi connectivity index (χ4n) is 4.34. The maximum Gasteiger partial charge on any atom is 0.228 e. The average Bonchev–Trinajstić information content (AvgIpc) is 3.48. The van der Waals surface area contributed by atoms with Crippen molar-refractivity contribution >= 4 is 22.5 Å². The summed E-state index contributed by atoms with van der Waals surface area (Å²) in [6.45, 7) is 1.50. The minimum absolute atomic E-state index is 0.0988. The van der Waals surface area contributed by atoms with E-state index in [1.165, 1.54) is 5.56 Å². The molecular weight excluding hydrogens is 400 g/mol. The number of ether oxygens (including phenoxy) is 1. The van der Waals surface area contributed by atoms with Gasteiger partial charge in [-0.15, -0.1) is 0 Å². The molecule has 5 rings (SSSR count). The van der Waals surface area contributed by atoms with Crippen molar-refractivity contribution in [3.63, 3.8) is 0 Å². The molecular formula is C26H22N4O2. The van der Waals surface area contributed by atoms with E-state index in [1.54, 1.807) is 12.4 Å². The van der Waals surface area contributed by atoms with Gasteiger partial charge in [-0.25, -0.2) is 0 Å². The number of hydrogen-bond donors (Lipinski definition) is 1. The highest BCUT2D eigenvalue weighted by molar-refractivity contribution is 5.92. The largest absolute Gasteiger partial charge is 0.381 e. The smallest absolute Gasteiger partial charge is 0.228 e. The van der Waals surface area contributed by atoms with Gasteiger partial charge in [-0.3, -0.25) is 9.78 Å². The molecule has 1 amide bonds. The van der Waals surface area contributed by atoms with Crippen LogP contribution in [0, 0.1) is 11.3 Å². The number of nitriles is 1. The van der Waals surface area contributed by atoms with Gasteiger partial charge < -0.3 is 14.6 Å². The van der Waals surface area contributed by atoms with E-state index in [4.69, 9.17) is 4.74 Å². The quantitative estimate of drug-likeness (QED) is 0.510. The van der Waals surface area contributed by atoms with Crippen LogP contribution in [0.15, 0.2) is 73.1 Å². The van der Waals surface area contributed by atoms with Crippen LogP contribution in [-0.4, -0.2) is 28.7 Å². The van der Waals surface area contributed by atoms with Gasteiger partial charge in [0.15, 0.2) is 0 Å². The van der Waals surface area contributed by atoms with Crippen LogP contribution in [0.1, 0.15) is 29.2 Å². The molecule has 1 fully saturated rings. The Balaban J connectivity index is 1.42. The van der Waals surface area contributed by atoms with Crippen molar-refractivity contribution in [1.82, 2.24) is 9.55 Å². The van der Waals surface area contributed by atoms with Crippen LogP contribution in [0.3, 0.4) is 0 Å². The van der Waals surface area contributed by atoms with Gasteiger partial charge in [0.2, 0.25) is 5.91 Å². The third-order valence-electron chi connectivity index (χ3n) is 5.86. The van der Waals surface area contributed by atoms with E-state index >= 15 is 0 Å². The Morgan fingerprint density at radius 1 is 1.19 bits per heavy atom. The lowest BCUT2D eigenvalue weighted by Crippen LogP contribution is -2.14. The summed E-state index contributed by atoms with van der Waals surface area (Å²) in [5.41, 5.74) is 5.26. The monoisotopic (exact) mass is 422 g/mol. The predicted molar refractivity (Wildman–Crippen MR) is 123 cm³/mol. The summed E-state index contributed by atoms with van der Waals surface area (Å²) in [4.78, 5) is 16.4. The standard InChI is InChI=1S/C26H22N4O2/c27-15-22-14-24-23(19-10-12-32-17-19)4-1-5-25(24)30(22)21-8-6-20(7-9-21)29-26(31)13-18-3-2-11-28-16-18/h1-9,11,14,16,19H,10,12-13,17H2,(H,29,31). The number of anilines is 1. The first kappa shape index (κ1) is 20.0. The van der Waals surface area contributed by atoms with Crippen molar-refractivity contribution in [3.8, 4) is 11.8 Å². The van der Waals surface area contributed by atoms with Crippen LogP contribution in [0.2, 0.25) is 0 Å². The van der Waals surface area contributed by atoms with E-state index in [-0.39, 0.29) is 12.3 Å². The van der Waals surface area contributed by atoms with E-state index in [9.17, 15) is 10.1 Å². The van der Waals surface area contributed by atoms with E-state index in [1.807, 2.05) is 59.2 Å². The predicted octanol–water partition coefficient (Wildman–Crippen LogP) is 4.58. The molecule has 0 aliphatic carbocycles. The number of nitrogens with one attached hydrogen (secondary N) is 1. The summed E-state index contributed by atoms with van der Waals surface area (Å²) in [6, 6.07) is 21.8. The second-order valence-electron chi connectivity index (χ2n) is 7.95. The van der Waals surface area contributed by atoms with Gasteiger partial charge in [-0.05, 0) is 60.0 Å². The molecule has 1 aliphatic rings. The Labute approximate surface area is 186 Å². The van der Waals surface area contributed by atoms with E-state index in [2.05, 4.69) is 22.4 Å². The van der Waals surface area contributed by atoms with E-state index in [0.717, 1.165) is 41.8 Å². The van der Waals surface area contributed by atoms with Gasteiger partial charge in [0.05, 0.1) is 18.5 Å². The normalized spacial score (nSPS) is 15.5. The molecule has 2 aromatic heterocycles. The van der Waals surface area contributed by atoms with Gasteiger partial charge in [0.25, 0.3) is 0 Å². The molecule has 0 bridgehead atoms. The molecule has 1 aliphatic heterocycles. The zero-order valence-electron chi connectivity index (χ0n) is 17.5. The summed E-state index contributed by atoms with van der Waals surface area (Å²) in [7, 11) is 0. The molecule has 32 heavy (non-hydrogen) atoms. The maximum atomic E-state index is 12.3. The summed E-state index contributed by atoms with van der Waals surface area (Å²) >= 11 is 0. The number of fused-ring (bicyclic) bond motifs is 1. The first-order valence-corrected chi connectivity index (χ1v) is 10.6. The Morgan fingerprint density at radius 2 is 2.06 bits per heavy atom. The molecule has 6 heteroatoms. The van der Waals surface area contributed by atoms with Gasteiger partial charge in [-0.2, -0.15) is 5.26 Å². The number of rotatable bonds is 5. The van der Waals surface area contributed by atoms with Crippen LogP contribution >= 0.6 is 0 Å². The number of carbonyl (C=O) groups excluding carboxylic acids is 1. The minimum Gasteiger partial charge on any atom is -0.381 e. The zero-order valence-corrected chi connectivity index (χ0v) is 17.5. The van der Waals surface area contributed by atoms with Gasteiger partial charge in [0.1, 0.15) is 11.8 Å². The van der Waals surface area contributed by atoms with Crippen LogP contribution in [0.25, 0.3) is 16.6 Å². The van der Waals surface area contributed by atoms with Gasteiger partial charge in [0, 0.05) is 41.7 Å². The number of benzene rings is 2. The molecule has 0 saturated carbocycles. The molecule has 6 nitrogen and oxygen atoms in total. The molecule has 4 aromatic rings. The Hall–Kier alpha value is -3.95. The van der Waals surface area contributed by atoms with Crippen molar-refractivity contribution < 1.29 is 9.53 Å². The Morgan fingerprint density at radius 3 is 2.78 bits per heavy atom. The molecule has 1 N–H and O–H groups in total. The number of pyridine rings is 1. The van der Waals surface area contributed by atoms with Crippen molar-refractivity contribution in [2.24, 2.45) is 0 Å². The molecule has 1 unspecified atom stereocenters. The first-order valence-electron chi connectivity index (χ1n) is 10.6. The maximum absolute atomic E-state index is 12.3. The highest BCUT2D eigenvalue weighted by Gasteiger charge is 2.22. The van der Waals surface area contributed by atoms with Crippen LogP contribution < -0.4 is 5.32 Å². The number of carbonyl (C=O) groups is 1. The molecule has 1 saturated heterocycles. The molecule has 1 atom stereocenters. The zero-order chi connectivity index (χ0) is 21.9. The van der Waals surface area contributed by atoms with Crippen LogP contribution in [-0.2, 0) is 16.0 Å². The second-order valence-corrected chi connectivity index (χ2v) is 7.95. The fraction of sp³-hybridized carbons (Fsp3) is 0.192. The molecule has 0 radical (unpaired) electrons. The van der Waals surface area contributed by atoms with Gasteiger partial charge in [-0.1, -0.05) is 18.2 Å². The molecule has 158 valence electrons. The van der Waals surface area contributed by atoms with Crippen molar-refractivity contribution in [2.45, 2.75) is 18.8 Å². The minimum atomic E-state index is -0.0988. The van der Waals surface area contributed by atoms with E-state index < -0.39 is 0 Å². The lowest BCUT2D eigenvalue weighted by atomic mass is 9.95. The first-order chi connectivity index (χ1) is 15.7. The summed E-state index contributed by atoms with van der Waals surface area (Å²) in [5, 5.41) is 13.8. The van der Waals surface area contributed by atoms with Crippen molar-refractivity contribution in [2.75, 3.05) is 18.5 Å². The highest BCUT2D eigenvalue weighted by atomic mass is 16.5. The average molecular weight is 422 g/mol. The highest BCUT2D eigenvalue weighted by Crippen LogP contribution is 2.34. The van der Waals surface area contributed by atoms with Crippen LogP contribution in [0.5, 0.6) is 0 Å². The SMILES string of the molecule is N#Cc1cc2c(C3CCOC3)cccc2n1-c1ccc(NC(=O)Cc2cccnc2)cc1. The summed E-state index contributed by atoms with van der Waals surface area (Å²) in [6.07, 6.45) is 4.64. The number of hydrogen-bond acceptors (Lipinski definition) is 4. The molecule has 3 heterocycles. The lowest BCUT2D eigenvalue weighted by molar-refractivity contribution is -0.115. The third-order valence-corrected chi connectivity index (χ3v) is 5.86. The molecule has 0 spiro atoms. The second kappa shape index (κ2) is 8.66. The van der Waals surface area contributed by atoms with Gasteiger partial charge >= 0.3 is 0 Å². The van der Waals surface area contributed by atoms with Crippen molar-refractivity contribution in [1.29, 1.82) is 5.26 Å². The summed E-state index contributed by atoms with van der Waals surface area (Å²) in [5.74, 6) is 0.261. The third kappa shape index (κ3) is 3.86. The van der Waals surface area contributed by atoms with E-state index in [0.29, 0.717) is 17.3 Å². The number of nitrogens with zero attached hydrogens (tertiary/aromatic N) is 3. The molecule has 2 aromatic carbocycles.